The van der Waals surface area contributed by atoms with E-state index in [4.69, 9.17) is 4.74 Å². The summed E-state index contributed by atoms with van der Waals surface area (Å²) in [6.07, 6.45) is 12.0. The van der Waals surface area contributed by atoms with Gasteiger partial charge in [-0.15, -0.1) is 0 Å². The van der Waals surface area contributed by atoms with Crippen molar-refractivity contribution in [1.29, 1.82) is 0 Å². The van der Waals surface area contributed by atoms with Crippen LogP contribution in [0.3, 0.4) is 0 Å². The third-order valence-corrected chi connectivity index (χ3v) is 9.09. The van der Waals surface area contributed by atoms with E-state index in [9.17, 15) is 5.11 Å². The van der Waals surface area contributed by atoms with E-state index >= 15 is 0 Å². The van der Waals surface area contributed by atoms with Gasteiger partial charge in [-0.25, -0.2) is 0 Å². The van der Waals surface area contributed by atoms with Gasteiger partial charge in [-0.1, -0.05) is 34.1 Å². The number of rotatable bonds is 3. The van der Waals surface area contributed by atoms with Gasteiger partial charge in [0.2, 0.25) is 0 Å². The zero-order chi connectivity index (χ0) is 17.8. The van der Waals surface area contributed by atoms with Crippen molar-refractivity contribution >= 4 is 0 Å². The van der Waals surface area contributed by atoms with Crippen molar-refractivity contribution in [1.82, 2.24) is 0 Å². The van der Waals surface area contributed by atoms with E-state index in [1.54, 1.807) is 0 Å². The first-order valence-electron chi connectivity index (χ1n) is 11.1. The van der Waals surface area contributed by atoms with E-state index in [0.717, 1.165) is 37.2 Å². The Morgan fingerprint density at radius 2 is 1.84 bits per heavy atom. The maximum Gasteiger partial charge on any atom is 0.0839 e. The Balaban J connectivity index is 1.54. The molecule has 0 aromatic rings. The van der Waals surface area contributed by atoms with Crippen LogP contribution in [-0.4, -0.2) is 23.9 Å². The third kappa shape index (κ3) is 3.00. The summed E-state index contributed by atoms with van der Waals surface area (Å²) < 4.78 is 6.21. The molecule has 0 saturated heterocycles. The van der Waals surface area contributed by atoms with E-state index in [0.29, 0.717) is 22.7 Å². The Morgan fingerprint density at radius 1 is 1.04 bits per heavy atom. The Hall–Kier alpha value is -0.0800. The second-order valence-electron chi connectivity index (χ2n) is 11.0. The van der Waals surface area contributed by atoms with Gasteiger partial charge in [0.25, 0.3) is 0 Å². The van der Waals surface area contributed by atoms with Gasteiger partial charge in [-0.05, 0) is 91.8 Å². The van der Waals surface area contributed by atoms with Crippen LogP contribution < -0.4 is 0 Å². The monoisotopic (exact) mass is 348 g/mol. The minimum Gasteiger partial charge on any atom is -0.390 e. The molecule has 4 saturated carbocycles. The molecule has 1 N–H and O–H groups in total. The van der Waals surface area contributed by atoms with Crippen LogP contribution in [0.25, 0.3) is 0 Å². The molecule has 2 nitrogen and oxygen atoms in total. The smallest absolute Gasteiger partial charge is 0.0839 e. The predicted molar refractivity (Wildman–Crippen MR) is 102 cm³/mol. The third-order valence-electron chi connectivity index (χ3n) is 9.09. The molecular weight excluding hydrogens is 308 g/mol. The molecular formula is C23H40O2. The number of aliphatic hydroxyl groups is 1. The average molecular weight is 349 g/mol. The van der Waals surface area contributed by atoms with Gasteiger partial charge in [-0.2, -0.15) is 0 Å². The maximum atomic E-state index is 10.7. The van der Waals surface area contributed by atoms with Gasteiger partial charge in [0.1, 0.15) is 0 Å². The van der Waals surface area contributed by atoms with Crippen LogP contribution >= 0.6 is 0 Å². The molecule has 0 heterocycles. The van der Waals surface area contributed by atoms with Gasteiger partial charge in [0.05, 0.1) is 12.2 Å². The van der Waals surface area contributed by atoms with Gasteiger partial charge in [0.15, 0.2) is 0 Å². The molecule has 0 aliphatic heterocycles. The summed E-state index contributed by atoms with van der Waals surface area (Å²) in [7, 11) is 0. The first kappa shape index (κ1) is 18.3. The summed E-state index contributed by atoms with van der Waals surface area (Å²) in [6, 6.07) is 0. The Morgan fingerprint density at radius 3 is 2.60 bits per heavy atom. The first-order valence-corrected chi connectivity index (χ1v) is 11.1. The van der Waals surface area contributed by atoms with Crippen LogP contribution in [0.2, 0.25) is 0 Å². The fourth-order valence-electron chi connectivity index (χ4n) is 7.73. The van der Waals surface area contributed by atoms with Crippen molar-refractivity contribution in [3.63, 3.8) is 0 Å². The average Bonchev–Trinajstić information content (AvgIpc) is 2.95. The normalized spacial score (nSPS) is 52.6. The SMILES string of the molecule is CC(C)CO[C@H]1C[C@@]2(C)C(CC[C@H]3[C@@H]4CCC[C@@]4(C)CC[C@@H]32)C[C@@H]1O. The highest BCUT2D eigenvalue weighted by Gasteiger charge is 2.59. The molecule has 0 radical (unpaired) electrons. The summed E-state index contributed by atoms with van der Waals surface area (Å²) in [6.45, 7) is 10.4. The summed E-state index contributed by atoms with van der Waals surface area (Å²) in [5.41, 5.74) is 1.04. The highest BCUT2D eigenvalue weighted by Crippen LogP contribution is 2.66. The fraction of sp³-hybridized carbons (Fsp3) is 1.00. The largest absolute Gasteiger partial charge is 0.390 e. The summed E-state index contributed by atoms with van der Waals surface area (Å²) in [5.74, 6) is 4.06. The van der Waals surface area contributed by atoms with Crippen molar-refractivity contribution in [2.24, 2.45) is 40.4 Å². The number of hydrogen-bond acceptors (Lipinski definition) is 2. The molecule has 0 aromatic heterocycles. The summed E-state index contributed by atoms with van der Waals surface area (Å²) >= 11 is 0. The Bertz CT molecular complexity index is 488. The van der Waals surface area contributed by atoms with Crippen LogP contribution in [0.1, 0.15) is 85.5 Å². The van der Waals surface area contributed by atoms with Crippen LogP contribution in [0.4, 0.5) is 0 Å². The highest BCUT2D eigenvalue weighted by atomic mass is 16.5. The quantitative estimate of drug-likeness (QED) is 0.737. The summed E-state index contributed by atoms with van der Waals surface area (Å²) in [4.78, 5) is 0. The van der Waals surface area contributed by atoms with E-state index in [1.807, 2.05) is 0 Å². The van der Waals surface area contributed by atoms with Crippen molar-refractivity contribution < 1.29 is 9.84 Å². The zero-order valence-corrected chi connectivity index (χ0v) is 17.0. The van der Waals surface area contributed by atoms with Gasteiger partial charge in [-0.3, -0.25) is 0 Å². The lowest BCUT2D eigenvalue weighted by Crippen LogP contribution is -2.56. The van der Waals surface area contributed by atoms with E-state index in [1.165, 1.54) is 44.9 Å². The van der Waals surface area contributed by atoms with Crippen LogP contribution in [0, 0.1) is 40.4 Å². The molecule has 4 aliphatic rings. The minimum absolute atomic E-state index is 0.0688. The van der Waals surface area contributed by atoms with E-state index in [-0.39, 0.29) is 12.2 Å². The van der Waals surface area contributed by atoms with Crippen molar-refractivity contribution in [2.45, 2.75) is 97.7 Å². The lowest BCUT2D eigenvalue weighted by molar-refractivity contribution is -0.171. The molecule has 0 spiro atoms. The number of ether oxygens (including phenoxy) is 1. The number of hydrogen-bond donors (Lipinski definition) is 1. The predicted octanol–water partition coefficient (Wildman–Crippen LogP) is 5.43. The molecule has 8 atom stereocenters. The minimum atomic E-state index is -0.242. The molecule has 2 heteroatoms. The van der Waals surface area contributed by atoms with Crippen molar-refractivity contribution in [3.05, 3.63) is 0 Å². The topological polar surface area (TPSA) is 29.5 Å². The first-order chi connectivity index (χ1) is 11.8. The summed E-state index contributed by atoms with van der Waals surface area (Å²) in [5, 5.41) is 10.7. The van der Waals surface area contributed by atoms with Crippen LogP contribution in [-0.2, 0) is 4.74 Å². The van der Waals surface area contributed by atoms with Crippen LogP contribution in [0.5, 0.6) is 0 Å². The lowest BCUT2D eigenvalue weighted by Gasteiger charge is -2.61. The fourth-order valence-corrected chi connectivity index (χ4v) is 7.73. The van der Waals surface area contributed by atoms with Gasteiger partial charge >= 0.3 is 0 Å². The molecule has 0 bridgehead atoms. The number of fused-ring (bicyclic) bond motifs is 5. The second-order valence-corrected chi connectivity index (χ2v) is 11.0. The Labute approximate surface area is 155 Å². The van der Waals surface area contributed by atoms with Gasteiger partial charge < -0.3 is 9.84 Å². The maximum absolute atomic E-state index is 10.7. The van der Waals surface area contributed by atoms with Crippen molar-refractivity contribution in [2.75, 3.05) is 6.61 Å². The van der Waals surface area contributed by atoms with Crippen LogP contribution in [0.15, 0.2) is 0 Å². The lowest BCUT2D eigenvalue weighted by atomic mass is 9.45. The molecule has 4 aliphatic carbocycles. The number of aliphatic hydroxyl groups excluding tert-OH is 1. The highest BCUT2D eigenvalue weighted by molar-refractivity contribution is 5.08. The standard InChI is InChI=1S/C23H40O2/c1-15(2)14-25-21-13-23(4)16(12-20(21)24)7-8-17-18-6-5-10-22(18,3)11-9-19(17)23/h15-21,24H,5-14H2,1-4H3/t16?,17-,18-,19-,20-,21-,22-,23-/m0/s1. The molecule has 144 valence electrons. The molecule has 4 fully saturated rings. The second kappa shape index (κ2) is 6.51. The zero-order valence-electron chi connectivity index (χ0n) is 17.0. The Kier molecular flexibility index (Phi) is 4.77. The van der Waals surface area contributed by atoms with E-state index in [2.05, 4.69) is 27.7 Å². The van der Waals surface area contributed by atoms with Gasteiger partial charge in [0, 0.05) is 6.61 Å². The van der Waals surface area contributed by atoms with E-state index < -0.39 is 0 Å². The molecule has 0 aromatic carbocycles. The molecule has 0 amide bonds. The molecule has 4 rings (SSSR count). The molecule has 1 unspecified atom stereocenters. The molecule has 25 heavy (non-hydrogen) atoms. The van der Waals surface area contributed by atoms with Crippen molar-refractivity contribution in [3.8, 4) is 0 Å².